The predicted molar refractivity (Wildman–Crippen MR) is 82.3 cm³/mol. The van der Waals surface area contributed by atoms with Crippen LogP contribution in [0.15, 0.2) is 18.5 Å². The summed E-state index contributed by atoms with van der Waals surface area (Å²) in [6.07, 6.45) is 7.64. The molecule has 0 aliphatic heterocycles. The molecule has 0 radical (unpaired) electrons. The number of esters is 1. The highest BCUT2D eigenvalue weighted by atomic mass is 35.5. The zero-order valence-electron chi connectivity index (χ0n) is 12.1. The highest BCUT2D eigenvalue weighted by molar-refractivity contribution is 6.33. The minimum Gasteiger partial charge on any atom is -0.466 e. The van der Waals surface area contributed by atoms with Gasteiger partial charge in [0, 0.05) is 6.92 Å². The molecule has 3 rings (SSSR count). The van der Waals surface area contributed by atoms with Gasteiger partial charge in [-0.15, -0.1) is 0 Å². The molecule has 0 bridgehead atoms. The van der Waals surface area contributed by atoms with Crippen LogP contribution in [0.3, 0.4) is 0 Å². The minimum absolute atomic E-state index is 0.132. The Kier molecular flexibility index (Phi) is 3.98. The van der Waals surface area contributed by atoms with Crippen LogP contribution in [-0.2, 0) is 9.53 Å². The highest BCUT2D eigenvalue weighted by Gasteiger charge is 2.23. The fraction of sp³-hybridized carbons (Fsp3) is 0.429. The average molecular weight is 322 g/mol. The van der Waals surface area contributed by atoms with Crippen molar-refractivity contribution in [2.75, 3.05) is 12.3 Å². The fourth-order valence-electron chi connectivity index (χ4n) is 2.67. The van der Waals surface area contributed by atoms with Crippen molar-refractivity contribution < 1.29 is 9.53 Å². The maximum absolute atomic E-state index is 10.8. The summed E-state index contributed by atoms with van der Waals surface area (Å²) in [5, 5.41) is 0.259. The number of imidazole rings is 1. The van der Waals surface area contributed by atoms with Crippen LogP contribution in [0.5, 0.6) is 0 Å². The number of anilines is 1. The number of carbonyl (C=O) groups excluding carboxylic acids is 1. The predicted octanol–water partition coefficient (Wildman–Crippen LogP) is 2.13. The number of carbonyl (C=O) groups is 1. The number of hydrogen-bond acceptors (Lipinski definition) is 6. The van der Waals surface area contributed by atoms with Crippen molar-refractivity contribution in [1.29, 1.82) is 0 Å². The number of allylic oxidation sites excluding steroid dienone is 2. The van der Waals surface area contributed by atoms with Gasteiger partial charge in [0.2, 0.25) is 5.95 Å². The largest absolute Gasteiger partial charge is 0.466 e. The van der Waals surface area contributed by atoms with Crippen LogP contribution in [0, 0.1) is 5.92 Å². The van der Waals surface area contributed by atoms with Crippen LogP contribution in [0.4, 0.5) is 5.95 Å². The van der Waals surface area contributed by atoms with Gasteiger partial charge in [-0.2, -0.15) is 9.97 Å². The molecule has 0 amide bonds. The number of nitrogens with zero attached hydrogens (tertiary/aromatic N) is 4. The highest BCUT2D eigenvalue weighted by Crippen LogP contribution is 2.32. The number of hydrogen-bond donors (Lipinski definition) is 1. The number of ether oxygens (including phenoxy) is 1. The van der Waals surface area contributed by atoms with Crippen molar-refractivity contribution in [3.8, 4) is 0 Å². The standard InChI is InChI=1S/C14H16ClN5O2/c1-8(21)22-5-4-9-2-3-10(6-9)20-7-17-11-12(15)18-14(16)19-13(11)20/h2-3,7,9-10H,4-6H2,1H3,(H2,16,18,19)/t9-,10-/m1/s1. The van der Waals surface area contributed by atoms with E-state index >= 15 is 0 Å². The summed E-state index contributed by atoms with van der Waals surface area (Å²) in [5.41, 5.74) is 6.84. The molecular weight excluding hydrogens is 306 g/mol. The second-order valence-electron chi connectivity index (χ2n) is 5.27. The quantitative estimate of drug-likeness (QED) is 0.526. The topological polar surface area (TPSA) is 95.9 Å². The molecule has 0 saturated carbocycles. The zero-order chi connectivity index (χ0) is 15.7. The molecule has 2 aromatic heterocycles. The first-order valence-electron chi connectivity index (χ1n) is 7.02. The van der Waals surface area contributed by atoms with Crippen molar-refractivity contribution in [3.63, 3.8) is 0 Å². The summed E-state index contributed by atoms with van der Waals surface area (Å²) >= 11 is 6.04. The van der Waals surface area contributed by atoms with E-state index in [2.05, 4.69) is 27.1 Å². The summed E-state index contributed by atoms with van der Waals surface area (Å²) in [6.45, 7) is 1.85. The van der Waals surface area contributed by atoms with Crippen LogP contribution in [0.1, 0.15) is 25.8 Å². The molecule has 8 heteroatoms. The SMILES string of the molecule is CC(=O)OCC[C@H]1C=C[C@@H](n2cnc3c(Cl)nc(N)nc32)C1. The average Bonchev–Trinajstić information content (AvgIpc) is 3.04. The first-order valence-corrected chi connectivity index (χ1v) is 7.39. The summed E-state index contributed by atoms with van der Waals surface area (Å²) in [6, 6.07) is 0.137. The van der Waals surface area contributed by atoms with E-state index in [9.17, 15) is 4.79 Å². The molecule has 2 aromatic rings. The van der Waals surface area contributed by atoms with Crippen molar-refractivity contribution in [2.45, 2.75) is 25.8 Å². The molecule has 0 unspecified atom stereocenters. The summed E-state index contributed by atoms with van der Waals surface area (Å²) < 4.78 is 6.93. The van der Waals surface area contributed by atoms with E-state index < -0.39 is 0 Å². The molecule has 7 nitrogen and oxygen atoms in total. The number of aromatic nitrogens is 4. The lowest BCUT2D eigenvalue weighted by atomic mass is 10.0. The fourth-order valence-corrected chi connectivity index (χ4v) is 2.89. The third kappa shape index (κ3) is 2.89. The third-order valence-corrected chi connectivity index (χ3v) is 3.96. The van der Waals surface area contributed by atoms with Crippen LogP contribution >= 0.6 is 11.6 Å². The van der Waals surface area contributed by atoms with Gasteiger partial charge in [0.25, 0.3) is 0 Å². The van der Waals surface area contributed by atoms with Gasteiger partial charge in [-0.25, -0.2) is 4.98 Å². The van der Waals surface area contributed by atoms with E-state index in [1.165, 1.54) is 6.92 Å². The van der Waals surface area contributed by atoms with Crippen LogP contribution in [0.25, 0.3) is 11.2 Å². The second kappa shape index (κ2) is 5.92. The van der Waals surface area contributed by atoms with E-state index in [-0.39, 0.29) is 23.1 Å². The normalized spacial score (nSPS) is 20.6. The number of halogens is 1. The number of nitrogens with two attached hydrogens (primary N) is 1. The van der Waals surface area contributed by atoms with Gasteiger partial charge < -0.3 is 15.0 Å². The van der Waals surface area contributed by atoms with Gasteiger partial charge in [-0.05, 0) is 18.8 Å². The van der Waals surface area contributed by atoms with Crippen LogP contribution in [0.2, 0.25) is 5.15 Å². The molecular formula is C14H16ClN5O2. The summed E-state index contributed by atoms with van der Waals surface area (Å²) in [5.74, 6) is 0.241. The molecule has 2 atom stereocenters. The van der Waals surface area contributed by atoms with E-state index in [1.807, 2.05) is 4.57 Å². The lowest BCUT2D eigenvalue weighted by Gasteiger charge is -2.14. The lowest BCUT2D eigenvalue weighted by Crippen LogP contribution is -2.09. The van der Waals surface area contributed by atoms with Crippen molar-refractivity contribution in [1.82, 2.24) is 19.5 Å². The van der Waals surface area contributed by atoms with Gasteiger partial charge in [-0.3, -0.25) is 4.79 Å². The van der Waals surface area contributed by atoms with Crippen molar-refractivity contribution >= 4 is 34.7 Å². The van der Waals surface area contributed by atoms with Crippen molar-refractivity contribution in [2.24, 2.45) is 5.92 Å². The lowest BCUT2D eigenvalue weighted by molar-refractivity contribution is -0.141. The molecule has 2 heterocycles. The molecule has 0 aromatic carbocycles. The Hall–Kier alpha value is -2.15. The van der Waals surface area contributed by atoms with Gasteiger partial charge >= 0.3 is 5.97 Å². The number of rotatable bonds is 4. The molecule has 1 aliphatic carbocycles. The van der Waals surface area contributed by atoms with Gasteiger partial charge in [-0.1, -0.05) is 23.8 Å². The van der Waals surface area contributed by atoms with E-state index in [1.54, 1.807) is 6.33 Å². The zero-order valence-corrected chi connectivity index (χ0v) is 12.8. The molecule has 22 heavy (non-hydrogen) atoms. The summed E-state index contributed by atoms with van der Waals surface area (Å²) in [4.78, 5) is 23.2. The molecule has 116 valence electrons. The van der Waals surface area contributed by atoms with Crippen LogP contribution < -0.4 is 5.73 Å². The second-order valence-corrected chi connectivity index (χ2v) is 5.63. The Morgan fingerprint density at radius 3 is 3.09 bits per heavy atom. The van der Waals surface area contributed by atoms with Crippen molar-refractivity contribution in [3.05, 3.63) is 23.6 Å². The maximum atomic E-state index is 10.8. The molecule has 0 saturated heterocycles. The molecule has 1 aliphatic rings. The first kappa shape index (κ1) is 14.8. The molecule has 0 spiro atoms. The number of nitrogen functional groups attached to an aromatic ring is 1. The van der Waals surface area contributed by atoms with E-state index in [0.717, 1.165) is 12.8 Å². The Labute approximate surface area is 132 Å². The van der Waals surface area contributed by atoms with Gasteiger partial charge in [0.05, 0.1) is 19.0 Å². The molecule has 0 fully saturated rings. The van der Waals surface area contributed by atoms with E-state index in [4.69, 9.17) is 22.1 Å². The van der Waals surface area contributed by atoms with Crippen LogP contribution in [-0.4, -0.2) is 32.1 Å². The Bertz CT molecular complexity index is 742. The van der Waals surface area contributed by atoms with Gasteiger partial charge in [0.15, 0.2) is 10.8 Å². The Morgan fingerprint density at radius 1 is 1.50 bits per heavy atom. The maximum Gasteiger partial charge on any atom is 0.302 e. The molecule has 2 N–H and O–H groups in total. The Morgan fingerprint density at radius 2 is 2.32 bits per heavy atom. The summed E-state index contributed by atoms with van der Waals surface area (Å²) in [7, 11) is 0. The van der Waals surface area contributed by atoms with E-state index in [0.29, 0.717) is 23.7 Å². The first-order chi connectivity index (χ1) is 10.5. The smallest absolute Gasteiger partial charge is 0.302 e. The van der Waals surface area contributed by atoms with Gasteiger partial charge in [0.1, 0.15) is 5.52 Å². The third-order valence-electron chi connectivity index (χ3n) is 3.70. The minimum atomic E-state index is -0.249. The monoisotopic (exact) mass is 321 g/mol. The number of fused-ring (bicyclic) bond motifs is 1. The Balaban J connectivity index is 1.74.